The normalized spacial score (nSPS) is 15.8. The second-order valence-corrected chi connectivity index (χ2v) is 4.33. The SMILES string of the molecule is COC(=O)c1ccc(NCC2CCCC2)nn1. The van der Waals surface area contributed by atoms with Gasteiger partial charge in [0.25, 0.3) is 0 Å². The van der Waals surface area contributed by atoms with E-state index in [2.05, 4.69) is 20.3 Å². The average Bonchev–Trinajstić information content (AvgIpc) is 2.89. The van der Waals surface area contributed by atoms with Crippen molar-refractivity contribution in [2.45, 2.75) is 25.7 Å². The van der Waals surface area contributed by atoms with E-state index in [9.17, 15) is 4.79 Å². The summed E-state index contributed by atoms with van der Waals surface area (Å²) >= 11 is 0. The van der Waals surface area contributed by atoms with Gasteiger partial charge in [-0.1, -0.05) is 12.8 Å². The number of ether oxygens (including phenoxy) is 1. The van der Waals surface area contributed by atoms with Crippen molar-refractivity contribution >= 4 is 11.8 Å². The number of methoxy groups -OCH3 is 1. The standard InChI is InChI=1S/C12H17N3O2/c1-17-12(16)10-6-7-11(15-14-10)13-8-9-4-2-3-5-9/h6-7,9H,2-5,8H2,1H3,(H,13,15). The fourth-order valence-electron chi connectivity index (χ4n) is 2.10. The van der Waals surface area contributed by atoms with Crippen molar-refractivity contribution in [2.75, 3.05) is 19.0 Å². The quantitative estimate of drug-likeness (QED) is 0.807. The maximum absolute atomic E-state index is 11.1. The van der Waals surface area contributed by atoms with Gasteiger partial charge in [0.05, 0.1) is 7.11 Å². The number of nitrogens with one attached hydrogen (secondary N) is 1. The second kappa shape index (κ2) is 5.61. The molecule has 0 bridgehead atoms. The van der Waals surface area contributed by atoms with Crippen molar-refractivity contribution < 1.29 is 9.53 Å². The van der Waals surface area contributed by atoms with Crippen LogP contribution >= 0.6 is 0 Å². The highest BCUT2D eigenvalue weighted by atomic mass is 16.5. The zero-order valence-corrected chi connectivity index (χ0v) is 9.98. The molecule has 1 aromatic rings. The van der Waals surface area contributed by atoms with E-state index in [4.69, 9.17) is 0 Å². The lowest BCUT2D eigenvalue weighted by atomic mass is 10.1. The van der Waals surface area contributed by atoms with E-state index in [0.717, 1.165) is 12.5 Å². The topological polar surface area (TPSA) is 64.1 Å². The minimum Gasteiger partial charge on any atom is -0.464 e. The van der Waals surface area contributed by atoms with Crippen LogP contribution < -0.4 is 5.32 Å². The van der Waals surface area contributed by atoms with Crippen molar-refractivity contribution in [3.05, 3.63) is 17.8 Å². The molecule has 0 saturated heterocycles. The zero-order valence-electron chi connectivity index (χ0n) is 9.98. The van der Waals surface area contributed by atoms with Gasteiger partial charge < -0.3 is 10.1 Å². The third-order valence-corrected chi connectivity index (χ3v) is 3.11. The Morgan fingerprint density at radius 1 is 1.41 bits per heavy atom. The van der Waals surface area contributed by atoms with Gasteiger partial charge in [-0.2, -0.15) is 0 Å². The molecule has 1 aliphatic carbocycles. The van der Waals surface area contributed by atoms with E-state index in [1.165, 1.54) is 32.8 Å². The Morgan fingerprint density at radius 2 is 2.18 bits per heavy atom. The molecule has 5 heteroatoms. The summed E-state index contributed by atoms with van der Waals surface area (Å²) in [5, 5.41) is 11.0. The molecule has 5 nitrogen and oxygen atoms in total. The number of hydrogen-bond donors (Lipinski definition) is 1. The van der Waals surface area contributed by atoms with Crippen molar-refractivity contribution in [3.63, 3.8) is 0 Å². The van der Waals surface area contributed by atoms with E-state index in [1.54, 1.807) is 12.1 Å². The number of carbonyl (C=O) groups is 1. The number of esters is 1. The predicted molar refractivity (Wildman–Crippen MR) is 63.8 cm³/mol. The first-order valence-electron chi connectivity index (χ1n) is 5.95. The molecule has 2 rings (SSSR count). The number of anilines is 1. The maximum Gasteiger partial charge on any atom is 0.358 e. The number of nitrogens with zero attached hydrogens (tertiary/aromatic N) is 2. The Balaban J connectivity index is 1.87. The first-order chi connectivity index (χ1) is 8.29. The fraction of sp³-hybridized carbons (Fsp3) is 0.583. The summed E-state index contributed by atoms with van der Waals surface area (Å²) in [4.78, 5) is 11.1. The molecule has 1 N–H and O–H groups in total. The van der Waals surface area contributed by atoms with E-state index < -0.39 is 5.97 Å². The van der Waals surface area contributed by atoms with E-state index in [0.29, 0.717) is 5.82 Å². The number of aromatic nitrogens is 2. The zero-order chi connectivity index (χ0) is 12.1. The van der Waals surface area contributed by atoms with Gasteiger partial charge in [0, 0.05) is 6.54 Å². The third kappa shape index (κ3) is 3.15. The van der Waals surface area contributed by atoms with Crippen LogP contribution in [0.3, 0.4) is 0 Å². The monoisotopic (exact) mass is 235 g/mol. The summed E-state index contributed by atoms with van der Waals surface area (Å²) in [6.45, 7) is 0.937. The van der Waals surface area contributed by atoms with Crippen LogP contribution in [0.2, 0.25) is 0 Å². The molecular weight excluding hydrogens is 218 g/mol. The smallest absolute Gasteiger partial charge is 0.358 e. The second-order valence-electron chi connectivity index (χ2n) is 4.33. The minimum absolute atomic E-state index is 0.235. The molecule has 92 valence electrons. The van der Waals surface area contributed by atoms with Crippen molar-refractivity contribution in [2.24, 2.45) is 5.92 Å². The van der Waals surface area contributed by atoms with E-state index in [-0.39, 0.29) is 5.69 Å². The van der Waals surface area contributed by atoms with Crippen LogP contribution in [-0.4, -0.2) is 29.8 Å². The van der Waals surface area contributed by atoms with Crippen LogP contribution in [-0.2, 0) is 4.74 Å². The van der Waals surface area contributed by atoms with E-state index in [1.807, 2.05) is 0 Å². The van der Waals surface area contributed by atoms with Crippen molar-refractivity contribution in [1.82, 2.24) is 10.2 Å². The maximum atomic E-state index is 11.1. The molecule has 1 saturated carbocycles. The Morgan fingerprint density at radius 3 is 2.76 bits per heavy atom. The lowest BCUT2D eigenvalue weighted by molar-refractivity contribution is 0.0593. The largest absolute Gasteiger partial charge is 0.464 e. The van der Waals surface area contributed by atoms with Gasteiger partial charge in [0.1, 0.15) is 5.82 Å². The molecule has 1 heterocycles. The highest BCUT2D eigenvalue weighted by molar-refractivity contribution is 5.86. The van der Waals surface area contributed by atoms with Gasteiger partial charge >= 0.3 is 5.97 Å². The van der Waals surface area contributed by atoms with Crippen LogP contribution in [0.15, 0.2) is 12.1 Å². The minimum atomic E-state index is -0.458. The first kappa shape index (κ1) is 11.8. The summed E-state index contributed by atoms with van der Waals surface area (Å²) in [6, 6.07) is 3.38. The van der Waals surface area contributed by atoms with E-state index >= 15 is 0 Å². The summed E-state index contributed by atoms with van der Waals surface area (Å²) in [6.07, 6.45) is 5.25. The fourth-order valence-corrected chi connectivity index (χ4v) is 2.10. The van der Waals surface area contributed by atoms with Gasteiger partial charge in [0.15, 0.2) is 5.69 Å². The highest BCUT2D eigenvalue weighted by Gasteiger charge is 2.14. The molecule has 1 aliphatic rings. The van der Waals surface area contributed by atoms with Gasteiger partial charge in [0.2, 0.25) is 0 Å². The molecule has 1 aromatic heterocycles. The predicted octanol–water partition coefficient (Wildman–Crippen LogP) is 1.87. The molecular formula is C12H17N3O2. The molecule has 0 radical (unpaired) electrons. The first-order valence-corrected chi connectivity index (χ1v) is 5.95. The van der Waals surface area contributed by atoms with Crippen LogP contribution in [0.25, 0.3) is 0 Å². The lowest BCUT2D eigenvalue weighted by Crippen LogP contribution is -2.13. The summed E-state index contributed by atoms with van der Waals surface area (Å²) < 4.78 is 4.56. The number of rotatable bonds is 4. The molecule has 17 heavy (non-hydrogen) atoms. The van der Waals surface area contributed by atoms with Crippen molar-refractivity contribution in [3.8, 4) is 0 Å². The molecule has 0 unspecified atom stereocenters. The Bertz CT molecular complexity index is 372. The van der Waals surface area contributed by atoms with Crippen LogP contribution in [0.1, 0.15) is 36.2 Å². The Hall–Kier alpha value is -1.65. The molecule has 0 atom stereocenters. The highest BCUT2D eigenvalue weighted by Crippen LogP contribution is 2.24. The summed E-state index contributed by atoms with van der Waals surface area (Å²) in [5.74, 6) is 1.00. The Labute approximate surface area is 101 Å². The molecule has 0 amide bonds. The molecule has 0 spiro atoms. The van der Waals surface area contributed by atoms with Gasteiger partial charge in [-0.05, 0) is 30.9 Å². The van der Waals surface area contributed by atoms with Gasteiger partial charge in [-0.15, -0.1) is 10.2 Å². The average molecular weight is 235 g/mol. The summed E-state index contributed by atoms with van der Waals surface area (Å²) in [7, 11) is 1.33. The Kier molecular flexibility index (Phi) is 3.90. The van der Waals surface area contributed by atoms with Gasteiger partial charge in [-0.3, -0.25) is 0 Å². The van der Waals surface area contributed by atoms with Crippen LogP contribution in [0, 0.1) is 5.92 Å². The van der Waals surface area contributed by atoms with Crippen LogP contribution in [0.5, 0.6) is 0 Å². The molecule has 1 fully saturated rings. The number of hydrogen-bond acceptors (Lipinski definition) is 5. The molecule has 0 aliphatic heterocycles. The summed E-state index contributed by atoms with van der Waals surface area (Å²) in [5.41, 5.74) is 0.235. The molecule has 0 aromatic carbocycles. The third-order valence-electron chi connectivity index (χ3n) is 3.11. The lowest BCUT2D eigenvalue weighted by Gasteiger charge is -2.10. The van der Waals surface area contributed by atoms with Crippen LogP contribution in [0.4, 0.5) is 5.82 Å². The number of carbonyl (C=O) groups excluding carboxylic acids is 1. The van der Waals surface area contributed by atoms with Gasteiger partial charge in [-0.25, -0.2) is 4.79 Å². The van der Waals surface area contributed by atoms with Crippen molar-refractivity contribution in [1.29, 1.82) is 0 Å².